The first kappa shape index (κ1) is 21.5. The third kappa shape index (κ3) is 6.71. The number of amides is 2. The van der Waals surface area contributed by atoms with Crippen molar-refractivity contribution in [3.05, 3.63) is 34.9 Å². The Kier molecular flexibility index (Phi) is 8.90. The molecule has 9 heteroatoms. The molecule has 0 aliphatic carbocycles. The molecule has 1 aliphatic heterocycles. The maximum Gasteiger partial charge on any atom is 0.329 e. The molecule has 0 radical (unpaired) electrons. The van der Waals surface area contributed by atoms with E-state index < -0.39 is 17.9 Å². The quantitative estimate of drug-likeness (QED) is 0.650. The van der Waals surface area contributed by atoms with Crippen molar-refractivity contribution in [3.63, 3.8) is 0 Å². The summed E-state index contributed by atoms with van der Waals surface area (Å²) >= 11 is 7.58. The van der Waals surface area contributed by atoms with E-state index in [1.807, 2.05) is 6.26 Å². The van der Waals surface area contributed by atoms with Crippen molar-refractivity contribution in [2.45, 2.75) is 12.5 Å². The molecule has 2 rings (SSSR count). The Balaban J connectivity index is 1.93. The van der Waals surface area contributed by atoms with Gasteiger partial charge in [-0.1, -0.05) is 23.7 Å². The molecule has 0 unspecified atom stereocenters. The van der Waals surface area contributed by atoms with Crippen LogP contribution in [0.15, 0.2) is 24.3 Å². The van der Waals surface area contributed by atoms with Gasteiger partial charge in [-0.25, -0.2) is 4.79 Å². The van der Waals surface area contributed by atoms with Crippen LogP contribution in [-0.2, 0) is 19.1 Å². The van der Waals surface area contributed by atoms with Crippen LogP contribution in [0.25, 0.3) is 0 Å². The Labute approximate surface area is 167 Å². The van der Waals surface area contributed by atoms with E-state index in [0.29, 0.717) is 43.5 Å². The molecule has 1 fully saturated rings. The van der Waals surface area contributed by atoms with Gasteiger partial charge in [-0.3, -0.25) is 9.59 Å². The molecule has 0 bridgehead atoms. The number of morpholine rings is 1. The molecule has 7 nitrogen and oxygen atoms in total. The van der Waals surface area contributed by atoms with Crippen LogP contribution < -0.4 is 5.32 Å². The van der Waals surface area contributed by atoms with Gasteiger partial charge in [-0.15, -0.1) is 0 Å². The zero-order chi connectivity index (χ0) is 19.6. The number of rotatable bonds is 8. The lowest BCUT2D eigenvalue weighted by Gasteiger charge is -2.27. The second kappa shape index (κ2) is 11.2. The van der Waals surface area contributed by atoms with Crippen molar-refractivity contribution in [2.24, 2.45) is 0 Å². The first-order chi connectivity index (χ1) is 13.0. The van der Waals surface area contributed by atoms with Crippen molar-refractivity contribution in [1.29, 1.82) is 0 Å². The average Bonchev–Trinajstić information content (AvgIpc) is 2.69. The van der Waals surface area contributed by atoms with Crippen molar-refractivity contribution in [2.75, 3.05) is 44.9 Å². The molecule has 1 aliphatic rings. The minimum absolute atomic E-state index is 0.271. The normalized spacial score (nSPS) is 15.1. The molecular weight excluding hydrogens is 392 g/mol. The largest absolute Gasteiger partial charge is 0.454 e. The number of esters is 1. The van der Waals surface area contributed by atoms with Gasteiger partial charge in [0.15, 0.2) is 6.61 Å². The van der Waals surface area contributed by atoms with Crippen LogP contribution in [0.4, 0.5) is 0 Å². The molecule has 1 aromatic carbocycles. The van der Waals surface area contributed by atoms with E-state index in [2.05, 4.69) is 5.32 Å². The smallest absolute Gasteiger partial charge is 0.329 e. The number of nitrogens with one attached hydrogen (secondary N) is 1. The van der Waals surface area contributed by atoms with E-state index >= 15 is 0 Å². The summed E-state index contributed by atoms with van der Waals surface area (Å²) < 4.78 is 10.3. The molecule has 1 N–H and O–H groups in total. The Hall–Kier alpha value is -1.77. The summed E-state index contributed by atoms with van der Waals surface area (Å²) in [6.07, 6.45) is 2.29. The van der Waals surface area contributed by atoms with Crippen LogP contribution in [0, 0.1) is 0 Å². The zero-order valence-corrected chi connectivity index (χ0v) is 16.7. The monoisotopic (exact) mass is 414 g/mol. The van der Waals surface area contributed by atoms with E-state index in [4.69, 9.17) is 21.1 Å². The van der Waals surface area contributed by atoms with Crippen molar-refractivity contribution in [1.82, 2.24) is 10.2 Å². The second-order valence-corrected chi connectivity index (χ2v) is 7.28. The SMILES string of the molecule is CSCC[C@H](NC(=O)c1ccccc1Cl)C(=O)OCC(=O)N1CCOCC1. The molecule has 148 valence electrons. The summed E-state index contributed by atoms with van der Waals surface area (Å²) in [6, 6.07) is 5.74. The van der Waals surface area contributed by atoms with Gasteiger partial charge in [0.05, 0.1) is 23.8 Å². The zero-order valence-electron chi connectivity index (χ0n) is 15.1. The van der Waals surface area contributed by atoms with E-state index in [9.17, 15) is 14.4 Å². The van der Waals surface area contributed by atoms with Gasteiger partial charge in [0.25, 0.3) is 11.8 Å². The van der Waals surface area contributed by atoms with Gasteiger partial charge in [0.2, 0.25) is 0 Å². The summed E-state index contributed by atoms with van der Waals surface area (Å²) in [5, 5.41) is 2.96. The summed E-state index contributed by atoms with van der Waals surface area (Å²) in [5.41, 5.74) is 0.283. The first-order valence-electron chi connectivity index (χ1n) is 8.59. The number of thioether (sulfide) groups is 1. The standard InChI is InChI=1S/C18H23ClN2O5S/c1-27-11-6-15(20-17(23)13-4-2-3-5-14(13)19)18(24)26-12-16(22)21-7-9-25-10-8-21/h2-5,15H,6-12H2,1H3,(H,20,23)/t15-/m0/s1. The molecule has 1 saturated heterocycles. The van der Waals surface area contributed by atoms with Gasteiger partial charge >= 0.3 is 5.97 Å². The number of carbonyl (C=O) groups excluding carboxylic acids is 3. The average molecular weight is 415 g/mol. The van der Waals surface area contributed by atoms with Crippen molar-refractivity contribution < 1.29 is 23.9 Å². The number of benzene rings is 1. The van der Waals surface area contributed by atoms with Gasteiger partial charge in [-0.05, 0) is 30.6 Å². The highest BCUT2D eigenvalue weighted by molar-refractivity contribution is 7.98. The number of halogens is 1. The highest BCUT2D eigenvalue weighted by Gasteiger charge is 2.25. The molecule has 2 amide bonds. The van der Waals surface area contributed by atoms with E-state index in [1.54, 1.807) is 40.9 Å². The number of nitrogens with zero attached hydrogens (tertiary/aromatic N) is 1. The molecule has 0 saturated carbocycles. The maximum absolute atomic E-state index is 12.4. The Morgan fingerprint density at radius 2 is 2.00 bits per heavy atom. The van der Waals surface area contributed by atoms with Crippen molar-refractivity contribution >= 4 is 41.1 Å². The summed E-state index contributed by atoms with van der Waals surface area (Å²) in [4.78, 5) is 38.5. The topological polar surface area (TPSA) is 84.9 Å². The van der Waals surface area contributed by atoms with Crippen LogP contribution in [-0.4, -0.2) is 73.6 Å². The van der Waals surface area contributed by atoms with Gasteiger partial charge in [-0.2, -0.15) is 11.8 Å². The molecule has 0 spiro atoms. The first-order valence-corrected chi connectivity index (χ1v) is 10.4. The van der Waals surface area contributed by atoms with Crippen LogP contribution in [0.1, 0.15) is 16.8 Å². The number of carbonyl (C=O) groups is 3. The molecule has 27 heavy (non-hydrogen) atoms. The minimum Gasteiger partial charge on any atom is -0.454 e. The molecule has 1 aromatic rings. The molecule has 0 aromatic heterocycles. The molecule has 1 atom stereocenters. The highest BCUT2D eigenvalue weighted by Crippen LogP contribution is 2.15. The van der Waals surface area contributed by atoms with Crippen LogP contribution in [0.3, 0.4) is 0 Å². The fourth-order valence-corrected chi connectivity index (χ4v) is 3.20. The summed E-state index contributed by atoms with van der Waals surface area (Å²) in [5.74, 6) is -0.707. The van der Waals surface area contributed by atoms with Crippen LogP contribution in [0.5, 0.6) is 0 Å². The van der Waals surface area contributed by atoms with Crippen LogP contribution in [0.2, 0.25) is 5.02 Å². The maximum atomic E-state index is 12.4. The molecule has 1 heterocycles. The third-order valence-corrected chi connectivity index (χ3v) is 4.99. The van der Waals surface area contributed by atoms with Gasteiger partial charge < -0.3 is 19.7 Å². The fourth-order valence-electron chi connectivity index (χ4n) is 2.50. The summed E-state index contributed by atoms with van der Waals surface area (Å²) in [6.45, 7) is 1.56. The lowest BCUT2D eigenvalue weighted by molar-refractivity contribution is -0.155. The van der Waals surface area contributed by atoms with E-state index in [0.717, 1.165) is 0 Å². The predicted octanol–water partition coefficient (Wildman–Crippen LogP) is 1.59. The minimum atomic E-state index is -0.848. The Morgan fingerprint density at radius 1 is 1.30 bits per heavy atom. The Bertz CT molecular complexity index is 667. The predicted molar refractivity (Wildman–Crippen MR) is 104 cm³/mol. The van der Waals surface area contributed by atoms with Gasteiger partial charge in [0, 0.05) is 13.1 Å². The van der Waals surface area contributed by atoms with E-state index in [1.165, 1.54) is 0 Å². The van der Waals surface area contributed by atoms with Crippen LogP contribution >= 0.6 is 23.4 Å². The van der Waals surface area contributed by atoms with Crippen molar-refractivity contribution in [3.8, 4) is 0 Å². The lowest BCUT2D eigenvalue weighted by Crippen LogP contribution is -2.45. The lowest BCUT2D eigenvalue weighted by atomic mass is 10.1. The summed E-state index contributed by atoms with van der Waals surface area (Å²) in [7, 11) is 0. The Morgan fingerprint density at radius 3 is 2.67 bits per heavy atom. The van der Waals surface area contributed by atoms with E-state index in [-0.39, 0.29) is 18.1 Å². The fraction of sp³-hybridized carbons (Fsp3) is 0.500. The van der Waals surface area contributed by atoms with Gasteiger partial charge in [0.1, 0.15) is 6.04 Å². The highest BCUT2D eigenvalue weighted by atomic mass is 35.5. The number of hydrogen-bond donors (Lipinski definition) is 1. The second-order valence-electron chi connectivity index (χ2n) is 5.89. The third-order valence-electron chi connectivity index (χ3n) is 4.02. The molecular formula is C18H23ClN2O5S. The number of ether oxygens (including phenoxy) is 2. The number of hydrogen-bond acceptors (Lipinski definition) is 6.